The standard InChI is InChI=1S/C24H27N3O4/c1-15-21(7-6-18-17-4-2-3-5-19(17)24(29)31-23(15)18)30-14-22(28)27-12-9-16(10-13-27)20-8-11-25-26-20/h6-8,11,16H,2-5,9-10,12-14H2,1H3,(H,25,26). The maximum atomic E-state index is 12.7. The fraction of sp³-hybridized carbons (Fsp3) is 0.458. The van der Waals surface area contributed by atoms with E-state index < -0.39 is 0 Å². The second-order valence-corrected chi connectivity index (χ2v) is 8.57. The maximum absolute atomic E-state index is 12.7. The normalized spacial score (nSPS) is 17.0. The zero-order valence-corrected chi connectivity index (χ0v) is 17.8. The molecule has 0 spiro atoms. The van der Waals surface area contributed by atoms with Crippen LogP contribution in [-0.2, 0) is 17.6 Å². The number of piperidine rings is 1. The van der Waals surface area contributed by atoms with Crippen LogP contribution in [-0.4, -0.2) is 40.7 Å². The van der Waals surface area contributed by atoms with E-state index in [0.717, 1.165) is 66.3 Å². The van der Waals surface area contributed by atoms with Crippen molar-refractivity contribution in [1.29, 1.82) is 0 Å². The van der Waals surface area contributed by atoms with Crippen molar-refractivity contribution in [3.8, 4) is 5.75 Å². The first-order chi connectivity index (χ1) is 15.1. The van der Waals surface area contributed by atoms with Gasteiger partial charge in [0.1, 0.15) is 11.3 Å². The highest BCUT2D eigenvalue weighted by atomic mass is 16.5. The van der Waals surface area contributed by atoms with Crippen LogP contribution in [0.15, 0.2) is 33.6 Å². The van der Waals surface area contributed by atoms with E-state index in [4.69, 9.17) is 9.15 Å². The van der Waals surface area contributed by atoms with Crippen LogP contribution in [0.4, 0.5) is 0 Å². The number of carbonyl (C=O) groups is 1. The minimum absolute atomic E-state index is 0.0176. The molecule has 1 N–H and O–H groups in total. The molecule has 1 aliphatic carbocycles. The summed E-state index contributed by atoms with van der Waals surface area (Å²) >= 11 is 0. The quantitative estimate of drug-likeness (QED) is 0.652. The maximum Gasteiger partial charge on any atom is 0.339 e. The van der Waals surface area contributed by atoms with Crippen molar-refractivity contribution in [2.75, 3.05) is 19.7 Å². The first-order valence-electron chi connectivity index (χ1n) is 11.1. The number of nitrogens with zero attached hydrogens (tertiary/aromatic N) is 2. The van der Waals surface area contributed by atoms with Crippen LogP contribution in [0.2, 0.25) is 0 Å². The lowest BCUT2D eigenvalue weighted by Gasteiger charge is -2.31. The Balaban J connectivity index is 1.27. The fourth-order valence-corrected chi connectivity index (χ4v) is 4.95. The molecule has 3 aromatic rings. The Morgan fingerprint density at radius 3 is 2.71 bits per heavy atom. The van der Waals surface area contributed by atoms with Gasteiger partial charge in [0.05, 0.1) is 0 Å². The van der Waals surface area contributed by atoms with E-state index in [0.29, 0.717) is 30.3 Å². The van der Waals surface area contributed by atoms with E-state index in [9.17, 15) is 9.59 Å². The van der Waals surface area contributed by atoms with Gasteiger partial charge < -0.3 is 14.1 Å². The number of carbonyl (C=O) groups excluding carboxylic acids is 1. The lowest BCUT2D eigenvalue weighted by molar-refractivity contribution is -0.134. The predicted molar refractivity (Wildman–Crippen MR) is 117 cm³/mol. The summed E-state index contributed by atoms with van der Waals surface area (Å²) in [5, 5.41) is 8.04. The summed E-state index contributed by atoms with van der Waals surface area (Å²) < 4.78 is 11.5. The minimum atomic E-state index is -0.237. The Kier molecular flexibility index (Phi) is 5.26. The molecule has 31 heavy (non-hydrogen) atoms. The molecule has 0 bridgehead atoms. The number of nitrogens with one attached hydrogen (secondary N) is 1. The number of aromatic nitrogens is 2. The molecule has 7 heteroatoms. The summed E-state index contributed by atoms with van der Waals surface area (Å²) in [6.07, 6.45) is 7.42. The predicted octanol–water partition coefficient (Wildman–Crippen LogP) is 3.49. The van der Waals surface area contributed by atoms with Crippen molar-refractivity contribution < 1.29 is 13.9 Å². The number of benzene rings is 1. The summed E-state index contributed by atoms with van der Waals surface area (Å²) in [7, 11) is 0. The average Bonchev–Trinajstić information content (AvgIpc) is 3.34. The third kappa shape index (κ3) is 3.73. The molecule has 1 fully saturated rings. The van der Waals surface area contributed by atoms with Crippen LogP contribution in [0.25, 0.3) is 11.0 Å². The molecule has 3 heterocycles. The number of fused-ring (bicyclic) bond motifs is 3. The van der Waals surface area contributed by atoms with Crippen molar-refractivity contribution in [3.63, 3.8) is 0 Å². The summed E-state index contributed by atoms with van der Waals surface area (Å²) in [5.74, 6) is 0.991. The Morgan fingerprint density at radius 2 is 1.97 bits per heavy atom. The number of H-pyrrole nitrogens is 1. The summed E-state index contributed by atoms with van der Waals surface area (Å²) in [6.45, 7) is 3.29. The summed E-state index contributed by atoms with van der Waals surface area (Å²) in [4.78, 5) is 27.0. The Hall–Kier alpha value is -3.09. The number of amides is 1. The second kappa shape index (κ2) is 8.21. The largest absolute Gasteiger partial charge is 0.483 e. The number of rotatable bonds is 4. The van der Waals surface area contributed by atoms with Crippen LogP contribution in [0.5, 0.6) is 5.75 Å². The number of likely N-dealkylation sites (tertiary alicyclic amines) is 1. The lowest BCUT2D eigenvalue weighted by Crippen LogP contribution is -2.40. The summed E-state index contributed by atoms with van der Waals surface area (Å²) in [6, 6.07) is 5.86. The topological polar surface area (TPSA) is 88.4 Å². The highest BCUT2D eigenvalue weighted by Gasteiger charge is 2.25. The fourth-order valence-electron chi connectivity index (χ4n) is 4.95. The van der Waals surface area contributed by atoms with Crippen LogP contribution in [0, 0.1) is 6.92 Å². The van der Waals surface area contributed by atoms with Gasteiger partial charge in [0.15, 0.2) is 6.61 Å². The number of hydrogen-bond donors (Lipinski definition) is 1. The highest BCUT2D eigenvalue weighted by molar-refractivity contribution is 5.86. The average molecular weight is 421 g/mol. The molecule has 5 rings (SSSR count). The molecule has 0 radical (unpaired) electrons. The molecule has 0 atom stereocenters. The number of hydrogen-bond acceptors (Lipinski definition) is 5. The van der Waals surface area contributed by atoms with E-state index in [1.807, 2.05) is 30.0 Å². The molecule has 1 saturated heterocycles. The molecule has 1 aromatic carbocycles. The molecule has 0 saturated carbocycles. The van der Waals surface area contributed by atoms with Crippen molar-refractivity contribution >= 4 is 16.9 Å². The Bertz CT molecular complexity index is 1160. The van der Waals surface area contributed by atoms with Gasteiger partial charge in [-0.2, -0.15) is 5.10 Å². The number of aromatic amines is 1. The molecule has 162 valence electrons. The van der Waals surface area contributed by atoms with Gasteiger partial charge >= 0.3 is 5.63 Å². The molecular weight excluding hydrogens is 394 g/mol. The van der Waals surface area contributed by atoms with Gasteiger partial charge in [-0.15, -0.1) is 0 Å². The molecule has 7 nitrogen and oxygen atoms in total. The first-order valence-corrected chi connectivity index (χ1v) is 11.1. The van der Waals surface area contributed by atoms with Crippen LogP contribution >= 0.6 is 0 Å². The SMILES string of the molecule is Cc1c(OCC(=O)N2CCC(c3ccn[nH]3)CC2)ccc2c3c(c(=O)oc12)CCCC3. The van der Waals surface area contributed by atoms with Crippen molar-refractivity contribution in [3.05, 3.63) is 57.2 Å². The van der Waals surface area contributed by atoms with Gasteiger partial charge in [-0.3, -0.25) is 9.89 Å². The molecular formula is C24H27N3O4. The molecule has 1 amide bonds. The van der Waals surface area contributed by atoms with E-state index in [-0.39, 0.29) is 18.1 Å². The molecule has 2 aromatic heterocycles. The van der Waals surface area contributed by atoms with E-state index in [2.05, 4.69) is 10.2 Å². The summed E-state index contributed by atoms with van der Waals surface area (Å²) in [5.41, 5.74) is 4.19. The van der Waals surface area contributed by atoms with Gasteiger partial charge in [-0.25, -0.2) is 4.79 Å². The number of ether oxygens (including phenoxy) is 1. The van der Waals surface area contributed by atoms with Crippen LogP contribution < -0.4 is 10.4 Å². The van der Waals surface area contributed by atoms with Crippen molar-refractivity contribution in [2.24, 2.45) is 0 Å². The van der Waals surface area contributed by atoms with Crippen LogP contribution in [0.1, 0.15) is 54.0 Å². The van der Waals surface area contributed by atoms with E-state index >= 15 is 0 Å². The highest BCUT2D eigenvalue weighted by Crippen LogP contribution is 2.32. The lowest BCUT2D eigenvalue weighted by atomic mass is 9.90. The van der Waals surface area contributed by atoms with Gasteiger partial charge in [-0.1, -0.05) is 0 Å². The third-order valence-electron chi connectivity index (χ3n) is 6.75. The molecule has 0 unspecified atom stereocenters. The number of aryl methyl sites for hydroxylation is 2. The Labute approximate surface area is 180 Å². The first kappa shape index (κ1) is 19.8. The van der Waals surface area contributed by atoms with Gasteiger partial charge in [0.2, 0.25) is 0 Å². The third-order valence-corrected chi connectivity index (χ3v) is 6.75. The van der Waals surface area contributed by atoms with Crippen LogP contribution in [0.3, 0.4) is 0 Å². The molecule has 2 aliphatic rings. The monoisotopic (exact) mass is 421 g/mol. The zero-order valence-electron chi connectivity index (χ0n) is 17.8. The van der Waals surface area contributed by atoms with Gasteiger partial charge in [0, 0.05) is 47.4 Å². The minimum Gasteiger partial charge on any atom is -0.483 e. The van der Waals surface area contributed by atoms with E-state index in [1.165, 1.54) is 0 Å². The smallest absolute Gasteiger partial charge is 0.339 e. The molecule has 1 aliphatic heterocycles. The van der Waals surface area contributed by atoms with E-state index in [1.54, 1.807) is 6.20 Å². The van der Waals surface area contributed by atoms with Gasteiger partial charge in [-0.05, 0) is 69.2 Å². The second-order valence-electron chi connectivity index (χ2n) is 8.57. The Morgan fingerprint density at radius 1 is 1.19 bits per heavy atom. The van der Waals surface area contributed by atoms with Crippen molar-refractivity contribution in [1.82, 2.24) is 15.1 Å². The van der Waals surface area contributed by atoms with Gasteiger partial charge in [0.25, 0.3) is 5.91 Å². The van der Waals surface area contributed by atoms with Crippen molar-refractivity contribution in [2.45, 2.75) is 51.4 Å². The zero-order chi connectivity index (χ0) is 21.4.